The van der Waals surface area contributed by atoms with Crippen LogP contribution in [0, 0.1) is 16.7 Å². The van der Waals surface area contributed by atoms with Crippen molar-refractivity contribution in [3.8, 4) is 17.2 Å². The predicted molar refractivity (Wildman–Crippen MR) is 191 cm³/mol. The van der Waals surface area contributed by atoms with Gasteiger partial charge in [-0.25, -0.2) is 0 Å². The number of hydrogen-bond acceptors (Lipinski definition) is 11. The third-order valence-corrected chi connectivity index (χ3v) is 12.2. The third-order valence-electron chi connectivity index (χ3n) is 12.2. The van der Waals surface area contributed by atoms with E-state index in [4.69, 9.17) is 29.1 Å². The number of ether oxygens (including phenoxy) is 5. The van der Waals surface area contributed by atoms with Gasteiger partial charge in [0.15, 0.2) is 5.60 Å². The molecule has 51 heavy (non-hydrogen) atoms. The number of allylic oxidation sites excluding steroid dienone is 3. The molecule has 11 nitrogen and oxygen atoms in total. The number of rotatable bonds is 11. The van der Waals surface area contributed by atoms with Gasteiger partial charge in [-0.05, 0) is 50.0 Å². The second kappa shape index (κ2) is 12.9. The highest BCUT2D eigenvalue weighted by molar-refractivity contribution is 6.33. The molecule has 2 aromatic carbocycles. The van der Waals surface area contributed by atoms with E-state index >= 15 is 4.79 Å². The molecule has 0 radical (unpaired) electrons. The van der Waals surface area contributed by atoms with Gasteiger partial charge in [0.2, 0.25) is 23.3 Å². The standard InChI is InChI=1S/C40H51NO10/c1-9-11-16-50-24-19-25(47-6)32-27-22(20-38(32)21(3)14-13-15-37(38,4)5)31-30(33(43)29(24)27)35(45)39(46)26(40(31,48-7)49-8)18-23(42)28(34(39)44)36(41)51-17-12-10-2/h14,19,26,41-43,46H,9-13,15-18,20H2,1-8H3/t26-,38+,39+/m0/s1. The molecule has 0 aromatic heterocycles. The zero-order valence-electron chi connectivity index (χ0n) is 31.0. The molecule has 0 saturated carbocycles. The topological polar surface area (TPSA) is 165 Å². The van der Waals surface area contributed by atoms with E-state index in [1.807, 2.05) is 13.8 Å². The van der Waals surface area contributed by atoms with Crippen LogP contribution in [0.2, 0.25) is 0 Å². The minimum absolute atomic E-state index is 0.104. The Morgan fingerprint density at radius 2 is 1.63 bits per heavy atom. The van der Waals surface area contributed by atoms with Gasteiger partial charge in [0.25, 0.3) is 0 Å². The zero-order chi connectivity index (χ0) is 37.3. The molecule has 6 rings (SSSR count). The monoisotopic (exact) mass is 705 g/mol. The zero-order valence-corrected chi connectivity index (χ0v) is 31.0. The lowest BCUT2D eigenvalue weighted by atomic mass is 9.54. The number of nitrogens with one attached hydrogen (secondary N) is 1. The minimum atomic E-state index is -2.90. The van der Waals surface area contributed by atoms with Gasteiger partial charge in [-0.15, -0.1) is 0 Å². The highest BCUT2D eigenvalue weighted by Gasteiger charge is 2.70. The lowest BCUT2D eigenvalue weighted by Crippen LogP contribution is -2.66. The number of phenols is 1. The summed E-state index contributed by atoms with van der Waals surface area (Å²) < 4.78 is 30.3. The van der Waals surface area contributed by atoms with Crippen molar-refractivity contribution in [3.63, 3.8) is 0 Å². The molecule has 0 unspecified atom stereocenters. The number of hydrogen-bond donors (Lipinski definition) is 4. The van der Waals surface area contributed by atoms with Crippen molar-refractivity contribution >= 4 is 28.2 Å². The van der Waals surface area contributed by atoms with Crippen molar-refractivity contribution in [1.82, 2.24) is 0 Å². The number of benzene rings is 2. The fourth-order valence-corrected chi connectivity index (χ4v) is 9.49. The SMILES string of the molecule is CCCCOC(=N)C1=C(O)C[C@@H]2C(OC)(OC)c3c(c(O)c4c(OCCCC)cc(OC)c5c4c3C[C@@]53C(C)=CCCC3(C)C)C(=O)[C@]2(O)C1=O. The number of carbonyl (C=O) groups excluding carboxylic acids is 2. The van der Waals surface area contributed by atoms with E-state index in [-0.39, 0.29) is 28.5 Å². The molecule has 4 aliphatic rings. The van der Waals surface area contributed by atoms with E-state index in [0.29, 0.717) is 41.9 Å². The summed E-state index contributed by atoms with van der Waals surface area (Å²) in [6, 6.07) is 1.76. The van der Waals surface area contributed by atoms with E-state index in [9.17, 15) is 20.1 Å². The number of aliphatic hydroxyl groups excluding tert-OH is 1. The van der Waals surface area contributed by atoms with Crippen LogP contribution >= 0.6 is 0 Å². The average Bonchev–Trinajstić information content (AvgIpc) is 3.46. The lowest BCUT2D eigenvalue weighted by Gasteiger charge is -2.52. The van der Waals surface area contributed by atoms with Crippen molar-refractivity contribution in [2.24, 2.45) is 11.3 Å². The van der Waals surface area contributed by atoms with Crippen molar-refractivity contribution in [1.29, 1.82) is 5.41 Å². The molecule has 4 N–H and O–H groups in total. The number of phenolic OH excluding ortho intramolecular Hbond substituents is 1. The van der Waals surface area contributed by atoms with Crippen LogP contribution in [0.3, 0.4) is 0 Å². The molecule has 276 valence electrons. The molecule has 0 amide bonds. The van der Waals surface area contributed by atoms with Gasteiger partial charge in [-0.2, -0.15) is 0 Å². The van der Waals surface area contributed by atoms with Crippen LogP contribution in [0.15, 0.2) is 29.0 Å². The van der Waals surface area contributed by atoms with E-state index in [1.165, 1.54) is 14.2 Å². The summed E-state index contributed by atoms with van der Waals surface area (Å²) in [6.07, 6.45) is 6.83. The fourth-order valence-electron chi connectivity index (χ4n) is 9.49. The first kappa shape index (κ1) is 36.8. The first-order valence-corrected chi connectivity index (χ1v) is 18.0. The van der Waals surface area contributed by atoms with Crippen molar-refractivity contribution < 1.29 is 48.6 Å². The second-order valence-electron chi connectivity index (χ2n) is 15.0. The Morgan fingerprint density at radius 3 is 2.24 bits per heavy atom. The van der Waals surface area contributed by atoms with E-state index in [1.54, 1.807) is 13.2 Å². The van der Waals surface area contributed by atoms with Crippen LogP contribution < -0.4 is 9.47 Å². The maximum atomic E-state index is 15.0. The Morgan fingerprint density at radius 1 is 0.961 bits per heavy atom. The molecular weight excluding hydrogens is 654 g/mol. The Bertz CT molecular complexity index is 1890. The summed E-state index contributed by atoms with van der Waals surface area (Å²) in [4.78, 5) is 29.4. The third kappa shape index (κ3) is 4.76. The number of ketones is 2. The maximum absolute atomic E-state index is 15.0. The Kier molecular flexibility index (Phi) is 9.34. The number of methoxy groups -OCH3 is 3. The molecule has 0 aliphatic heterocycles. The van der Waals surface area contributed by atoms with Crippen LogP contribution in [-0.4, -0.2) is 72.9 Å². The summed E-state index contributed by atoms with van der Waals surface area (Å²) in [5, 5.41) is 45.8. The number of fused-ring (bicyclic) bond motifs is 4. The van der Waals surface area contributed by atoms with Crippen LogP contribution in [0.5, 0.6) is 17.2 Å². The van der Waals surface area contributed by atoms with Crippen LogP contribution in [-0.2, 0) is 36.6 Å². The lowest BCUT2D eigenvalue weighted by molar-refractivity contribution is -0.278. The molecular formula is C40H51NO10. The smallest absolute Gasteiger partial charge is 0.220 e. The summed E-state index contributed by atoms with van der Waals surface area (Å²) in [5.74, 6) is -6.57. The van der Waals surface area contributed by atoms with Crippen LogP contribution in [0.4, 0.5) is 0 Å². The Balaban J connectivity index is 1.73. The highest BCUT2D eigenvalue weighted by Crippen LogP contribution is 2.67. The highest BCUT2D eigenvalue weighted by atomic mass is 16.7. The first-order valence-electron chi connectivity index (χ1n) is 18.0. The predicted octanol–water partition coefficient (Wildman–Crippen LogP) is 6.86. The van der Waals surface area contributed by atoms with E-state index in [0.717, 1.165) is 43.2 Å². The molecule has 0 bridgehead atoms. The van der Waals surface area contributed by atoms with Gasteiger partial charge >= 0.3 is 0 Å². The number of unbranched alkanes of at least 4 members (excludes halogenated alkanes) is 2. The van der Waals surface area contributed by atoms with Crippen molar-refractivity contribution in [2.45, 2.75) is 103 Å². The number of aliphatic hydroxyl groups is 2. The van der Waals surface area contributed by atoms with Crippen molar-refractivity contribution in [3.05, 3.63) is 51.3 Å². The van der Waals surface area contributed by atoms with Gasteiger partial charge in [0.05, 0.1) is 37.2 Å². The summed E-state index contributed by atoms with van der Waals surface area (Å²) >= 11 is 0. The second-order valence-corrected chi connectivity index (χ2v) is 15.0. The van der Waals surface area contributed by atoms with Gasteiger partial charge < -0.3 is 39.0 Å². The van der Waals surface area contributed by atoms with Gasteiger partial charge in [-0.3, -0.25) is 15.0 Å². The van der Waals surface area contributed by atoms with Crippen molar-refractivity contribution in [2.75, 3.05) is 34.5 Å². The van der Waals surface area contributed by atoms with Gasteiger partial charge in [0, 0.05) is 48.6 Å². The van der Waals surface area contributed by atoms with Gasteiger partial charge in [-0.1, -0.05) is 52.2 Å². The summed E-state index contributed by atoms with van der Waals surface area (Å²) in [6.45, 7) is 10.9. The maximum Gasteiger partial charge on any atom is 0.220 e. The van der Waals surface area contributed by atoms with Crippen LogP contribution in [0.25, 0.3) is 10.8 Å². The number of Topliss-reactive ketones (excluding diaryl/α,β-unsaturated/α-hetero) is 2. The number of carbonyl (C=O) groups is 2. The molecule has 4 aliphatic carbocycles. The van der Waals surface area contributed by atoms with Gasteiger partial charge in [0.1, 0.15) is 28.6 Å². The number of aromatic hydroxyl groups is 1. The minimum Gasteiger partial charge on any atom is -0.511 e. The molecule has 0 fully saturated rings. The summed E-state index contributed by atoms with van der Waals surface area (Å²) in [7, 11) is 4.30. The molecule has 1 spiro atoms. The molecule has 2 aromatic rings. The van der Waals surface area contributed by atoms with E-state index < -0.39 is 63.7 Å². The summed E-state index contributed by atoms with van der Waals surface area (Å²) in [5.41, 5.74) is -1.98. The normalized spacial score (nSPS) is 25.9. The molecule has 3 atom stereocenters. The Labute approximate surface area is 299 Å². The van der Waals surface area contributed by atoms with E-state index in [2.05, 4.69) is 26.8 Å². The average molecular weight is 706 g/mol. The quantitative estimate of drug-likeness (QED) is 0.0485. The molecule has 0 heterocycles. The molecule has 11 heteroatoms. The molecule has 0 saturated heterocycles. The fraction of sp³-hybridized carbons (Fsp3) is 0.575. The van der Waals surface area contributed by atoms with Crippen LogP contribution in [0.1, 0.15) is 107 Å². The largest absolute Gasteiger partial charge is 0.511 e. The first-order chi connectivity index (χ1) is 24.2. The Hall–Kier alpha value is -3.93.